The van der Waals surface area contributed by atoms with E-state index in [0.717, 1.165) is 34.5 Å². The van der Waals surface area contributed by atoms with Crippen molar-refractivity contribution in [1.29, 1.82) is 0 Å². The second-order valence-electron chi connectivity index (χ2n) is 4.85. The van der Waals surface area contributed by atoms with Gasteiger partial charge in [-0.25, -0.2) is 0 Å². The van der Waals surface area contributed by atoms with Crippen LogP contribution >= 0.6 is 35.8 Å². The summed E-state index contributed by atoms with van der Waals surface area (Å²) in [6.45, 7) is 2.02. The maximum absolute atomic E-state index is 6.10. The van der Waals surface area contributed by atoms with E-state index in [1.807, 2.05) is 42.5 Å². The molecular formula is C17H22Cl2N2S. The summed E-state index contributed by atoms with van der Waals surface area (Å²) in [6, 6.07) is 13.6. The highest BCUT2D eigenvalue weighted by molar-refractivity contribution is 7.80. The van der Waals surface area contributed by atoms with Gasteiger partial charge < -0.3 is 10.6 Å². The summed E-state index contributed by atoms with van der Waals surface area (Å²) in [4.78, 5) is 3.28. The van der Waals surface area contributed by atoms with Gasteiger partial charge in [-0.2, -0.15) is 0 Å². The number of fused-ring (bicyclic) bond motifs is 1. The Morgan fingerprint density at radius 3 is 2.27 bits per heavy atom. The van der Waals surface area contributed by atoms with Crippen LogP contribution in [0.1, 0.15) is 11.1 Å². The van der Waals surface area contributed by atoms with Crippen LogP contribution in [0, 0.1) is 0 Å². The molecule has 1 heterocycles. The number of hydrogen-bond donors (Lipinski definition) is 2. The van der Waals surface area contributed by atoms with Crippen molar-refractivity contribution in [2.75, 3.05) is 20.6 Å². The van der Waals surface area contributed by atoms with Gasteiger partial charge in [0.25, 0.3) is 0 Å². The lowest BCUT2D eigenvalue weighted by Crippen LogP contribution is -2.26. The number of benzene rings is 2. The zero-order valence-corrected chi connectivity index (χ0v) is 15.3. The van der Waals surface area contributed by atoms with E-state index in [2.05, 4.69) is 30.3 Å². The van der Waals surface area contributed by atoms with Gasteiger partial charge in [0.05, 0.1) is 0 Å². The molecule has 2 aromatic rings. The molecule has 0 radical (unpaired) electrons. The van der Waals surface area contributed by atoms with Crippen LogP contribution < -0.4 is 5.73 Å². The first-order chi connectivity index (χ1) is 10.6. The molecule has 0 spiro atoms. The lowest BCUT2D eigenvalue weighted by molar-refractivity contribution is 0.313. The molecule has 0 atom stereocenters. The Balaban J connectivity index is 0.000000228. The predicted molar refractivity (Wildman–Crippen MR) is 100 cm³/mol. The monoisotopic (exact) mass is 356 g/mol. The van der Waals surface area contributed by atoms with Crippen LogP contribution in [0.4, 0.5) is 0 Å². The number of nitrogens with zero attached hydrogens (tertiary/aromatic N) is 1. The third-order valence-electron chi connectivity index (χ3n) is 3.20. The highest BCUT2D eigenvalue weighted by atomic mass is 35.5. The van der Waals surface area contributed by atoms with Gasteiger partial charge >= 0.3 is 0 Å². The topological polar surface area (TPSA) is 29.3 Å². The van der Waals surface area contributed by atoms with Crippen LogP contribution in [0.2, 0.25) is 10.0 Å². The van der Waals surface area contributed by atoms with Crippen LogP contribution in [0.3, 0.4) is 0 Å². The number of likely N-dealkylation sites (N-methyl/N-ethyl adjacent to an activating group) is 1. The first-order valence-electron chi connectivity index (χ1n) is 7.03. The first-order valence-corrected chi connectivity index (χ1v) is 8.23. The van der Waals surface area contributed by atoms with Crippen molar-refractivity contribution in [3.05, 3.63) is 63.6 Å². The zero-order chi connectivity index (χ0) is 16.5. The van der Waals surface area contributed by atoms with E-state index < -0.39 is 0 Å². The average Bonchev–Trinajstić information content (AvgIpc) is 2.51. The lowest BCUT2D eigenvalue weighted by atomic mass is 10.0. The predicted octanol–water partition coefficient (Wildman–Crippen LogP) is 4.53. The summed E-state index contributed by atoms with van der Waals surface area (Å²) in [5.74, 6) is 0. The van der Waals surface area contributed by atoms with E-state index in [0.29, 0.717) is 0 Å². The summed E-state index contributed by atoms with van der Waals surface area (Å²) in [7, 11) is 3.61. The average molecular weight is 357 g/mol. The van der Waals surface area contributed by atoms with Crippen molar-refractivity contribution in [2.24, 2.45) is 5.73 Å². The van der Waals surface area contributed by atoms with Crippen molar-refractivity contribution in [1.82, 2.24) is 4.90 Å². The maximum atomic E-state index is 6.10. The van der Waals surface area contributed by atoms with E-state index in [-0.39, 0.29) is 0 Å². The third kappa shape index (κ3) is 6.19. The molecule has 0 fully saturated rings. The molecule has 2 nitrogen and oxygen atoms in total. The SMILES string of the molecule is CN.CN1CCc2cc(Cl)cc(Cl)c2C1.Sc1ccccc1. The van der Waals surface area contributed by atoms with Gasteiger partial charge in [0.1, 0.15) is 0 Å². The molecule has 0 aliphatic carbocycles. The van der Waals surface area contributed by atoms with Crippen molar-refractivity contribution in [3.8, 4) is 0 Å². The summed E-state index contributed by atoms with van der Waals surface area (Å²) < 4.78 is 0. The smallest absolute Gasteiger partial charge is 0.0468 e. The van der Waals surface area contributed by atoms with Gasteiger partial charge in [-0.05, 0) is 55.9 Å². The van der Waals surface area contributed by atoms with Gasteiger partial charge in [0, 0.05) is 28.0 Å². The quantitative estimate of drug-likeness (QED) is 0.679. The molecule has 22 heavy (non-hydrogen) atoms. The molecule has 2 N–H and O–H groups in total. The Morgan fingerprint density at radius 2 is 1.73 bits per heavy atom. The van der Waals surface area contributed by atoms with Gasteiger partial charge in [0.2, 0.25) is 0 Å². The first kappa shape index (κ1) is 19.3. The van der Waals surface area contributed by atoms with E-state index in [4.69, 9.17) is 23.2 Å². The Kier molecular flexibility index (Phi) is 8.91. The molecule has 0 bridgehead atoms. The fourth-order valence-corrected chi connectivity index (χ4v) is 2.91. The van der Waals surface area contributed by atoms with Gasteiger partial charge in [-0.3, -0.25) is 0 Å². The molecule has 0 saturated carbocycles. The van der Waals surface area contributed by atoms with E-state index in [1.165, 1.54) is 18.2 Å². The van der Waals surface area contributed by atoms with Crippen molar-refractivity contribution in [3.63, 3.8) is 0 Å². The molecule has 0 unspecified atom stereocenters. The summed E-state index contributed by atoms with van der Waals surface area (Å²) in [5, 5.41) is 1.54. The van der Waals surface area contributed by atoms with Gasteiger partial charge in [-0.1, -0.05) is 41.4 Å². The molecule has 0 saturated heterocycles. The van der Waals surface area contributed by atoms with Crippen LogP contribution in [0.5, 0.6) is 0 Å². The lowest BCUT2D eigenvalue weighted by Gasteiger charge is -2.25. The molecule has 0 aromatic heterocycles. The van der Waals surface area contributed by atoms with E-state index in [1.54, 1.807) is 0 Å². The second-order valence-corrected chi connectivity index (χ2v) is 6.21. The van der Waals surface area contributed by atoms with Crippen molar-refractivity contribution < 1.29 is 0 Å². The van der Waals surface area contributed by atoms with Gasteiger partial charge in [0.15, 0.2) is 0 Å². The van der Waals surface area contributed by atoms with Crippen LogP contribution in [-0.2, 0) is 13.0 Å². The second kappa shape index (κ2) is 10.1. The minimum atomic E-state index is 0.744. The molecule has 1 aliphatic rings. The summed E-state index contributed by atoms with van der Waals surface area (Å²) in [5.41, 5.74) is 7.04. The summed E-state index contributed by atoms with van der Waals surface area (Å²) in [6.07, 6.45) is 1.05. The summed E-state index contributed by atoms with van der Waals surface area (Å²) >= 11 is 16.1. The number of hydrogen-bond acceptors (Lipinski definition) is 3. The molecular weight excluding hydrogens is 335 g/mol. The van der Waals surface area contributed by atoms with Crippen molar-refractivity contribution in [2.45, 2.75) is 17.9 Å². The van der Waals surface area contributed by atoms with Crippen LogP contribution in [-0.4, -0.2) is 25.5 Å². The van der Waals surface area contributed by atoms with E-state index >= 15 is 0 Å². The molecule has 1 aliphatic heterocycles. The Morgan fingerprint density at radius 1 is 1.09 bits per heavy atom. The molecule has 3 rings (SSSR count). The van der Waals surface area contributed by atoms with Crippen LogP contribution in [0.25, 0.3) is 0 Å². The fraction of sp³-hybridized carbons (Fsp3) is 0.294. The Bertz CT molecular complexity index is 576. The molecule has 0 amide bonds. The standard InChI is InChI=1S/C10H11Cl2N.C6H6S.CH5N/c1-13-3-2-7-4-8(11)5-10(12)9(7)6-13;7-6-4-2-1-3-5-6;1-2/h4-5H,2-3,6H2,1H3;1-5,7H;2H2,1H3. The Labute approximate surface area is 148 Å². The van der Waals surface area contributed by atoms with Gasteiger partial charge in [-0.15, -0.1) is 12.6 Å². The number of halogens is 2. The molecule has 2 aromatic carbocycles. The van der Waals surface area contributed by atoms with Crippen LogP contribution in [0.15, 0.2) is 47.4 Å². The highest BCUT2D eigenvalue weighted by Gasteiger charge is 2.16. The van der Waals surface area contributed by atoms with Crippen molar-refractivity contribution >= 4 is 35.8 Å². The minimum absolute atomic E-state index is 0.744. The number of rotatable bonds is 0. The minimum Gasteiger partial charge on any atom is -0.333 e. The fourth-order valence-electron chi connectivity index (χ4n) is 2.15. The highest BCUT2D eigenvalue weighted by Crippen LogP contribution is 2.29. The largest absolute Gasteiger partial charge is 0.333 e. The zero-order valence-electron chi connectivity index (χ0n) is 12.9. The normalized spacial score (nSPS) is 13.2. The number of nitrogens with two attached hydrogens (primary N) is 1. The molecule has 5 heteroatoms. The number of thiol groups is 1. The molecule has 120 valence electrons. The maximum Gasteiger partial charge on any atom is 0.0468 e. The van der Waals surface area contributed by atoms with E-state index in [9.17, 15) is 0 Å². The third-order valence-corrected chi connectivity index (χ3v) is 4.05. The Hall–Kier alpha value is -0.710.